The third kappa shape index (κ3) is 3.91. The van der Waals surface area contributed by atoms with Crippen molar-refractivity contribution in [1.29, 1.82) is 0 Å². The normalized spacial score (nSPS) is 14.9. The summed E-state index contributed by atoms with van der Waals surface area (Å²) in [6, 6.07) is 8.23. The number of hydrogen-bond acceptors (Lipinski definition) is 5. The second-order valence-corrected chi connectivity index (χ2v) is 7.96. The molecule has 0 bridgehead atoms. The summed E-state index contributed by atoms with van der Waals surface area (Å²) < 4.78 is 20.7. The molecule has 1 atom stereocenters. The molecule has 0 spiro atoms. The largest absolute Gasteiger partial charge is 0.487 e. The second kappa shape index (κ2) is 7.75. The molecular formula is C22H19FN2O3S. The van der Waals surface area contributed by atoms with E-state index in [1.165, 1.54) is 36.6 Å². The lowest BCUT2D eigenvalue weighted by molar-refractivity contribution is 0.0937. The van der Waals surface area contributed by atoms with Gasteiger partial charge in [-0.05, 0) is 49.2 Å². The molecule has 0 radical (unpaired) electrons. The van der Waals surface area contributed by atoms with Crippen LogP contribution in [0.25, 0.3) is 11.1 Å². The van der Waals surface area contributed by atoms with Gasteiger partial charge in [-0.3, -0.25) is 14.6 Å². The van der Waals surface area contributed by atoms with Gasteiger partial charge in [0.15, 0.2) is 5.78 Å². The number of ketones is 1. The highest BCUT2D eigenvalue weighted by Gasteiger charge is 2.28. The maximum Gasteiger partial charge on any atom is 0.263 e. The highest BCUT2D eigenvalue weighted by atomic mass is 32.1. The van der Waals surface area contributed by atoms with Crippen LogP contribution in [0.3, 0.4) is 0 Å². The first-order valence-electron chi connectivity index (χ1n) is 9.20. The van der Waals surface area contributed by atoms with Crippen LogP contribution < -0.4 is 10.1 Å². The number of benzene rings is 2. The van der Waals surface area contributed by atoms with E-state index in [-0.39, 0.29) is 17.8 Å². The van der Waals surface area contributed by atoms with Crippen molar-refractivity contribution >= 4 is 23.0 Å². The van der Waals surface area contributed by atoms with E-state index in [4.69, 9.17) is 4.74 Å². The minimum atomic E-state index is -0.409. The quantitative estimate of drug-likeness (QED) is 0.641. The molecule has 0 aliphatic carbocycles. The maximum atomic E-state index is 14.6. The monoisotopic (exact) mass is 410 g/mol. The fourth-order valence-electron chi connectivity index (χ4n) is 3.48. The van der Waals surface area contributed by atoms with Crippen molar-refractivity contribution < 1.29 is 18.7 Å². The Balaban J connectivity index is 1.59. The molecule has 0 fully saturated rings. The number of rotatable bonds is 5. The predicted octanol–water partition coefficient (Wildman–Crippen LogP) is 4.19. The topological polar surface area (TPSA) is 68.3 Å². The van der Waals surface area contributed by atoms with E-state index in [1.807, 2.05) is 19.1 Å². The number of nitrogens with one attached hydrogen (secondary N) is 1. The lowest BCUT2D eigenvalue weighted by Crippen LogP contribution is -2.34. The molecule has 2 aromatic carbocycles. The zero-order chi connectivity index (χ0) is 20.5. The summed E-state index contributed by atoms with van der Waals surface area (Å²) in [5.41, 5.74) is 4.95. The molecule has 1 amide bonds. The second-order valence-electron chi connectivity index (χ2n) is 7.07. The number of amides is 1. The van der Waals surface area contributed by atoms with Gasteiger partial charge in [0.25, 0.3) is 5.91 Å². The minimum Gasteiger partial charge on any atom is -0.487 e. The first-order chi connectivity index (χ1) is 13.9. The Morgan fingerprint density at radius 3 is 2.83 bits per heavy atom. The van der Waals surface area contributed by atoms with Gasteiger partial charge in [-0.1, -0.05) is 6.07 Å². The van der Waals surface area contributed by atoms with Crippen molar-refractivity contribution in [2.24, 2.45) is 0 Å². The summed E-state index contributed by atoms with van der Waals surface area (Å²) in [6.45, 7) is 3.73. The van der Waals surface area contributed by atoms with E-state index < -0.39 is 5.82 Å². The number of aryl methyl sites for hydroxylation is 1. The third-order valence-electron chi connectivity index (χ3n) is 4.85. The van der Waals surface area contributed by atoms with Crippen LogP contribution in [0.2, 0.25) is 0 Å². The molecule has 7 heteroatoms. The summed E-state index contributed by atoms with van der Waals surface area (Å²) in [4.78, 5) is 28.3. The van der Waals surface area contributed by atoms with Crippen molar-refractivity contribution in [3.05, 3.63) is 69.4 Å². The van der Waals surface area contributed by atoms with Crippen molar-refractivity contribution in [2.45, 2.75) is 26.4 Å². The van der Waals surface area contributed by atoms with Crippen LogP contribution in [0.15, 0.2) is 42.0 Å². The minimum absolute atomic E-state index is 0.125. The zero-order valence-corrected chi connectivity index (χ0v) is 16.8. The highest BCUT2D eigenvalue weighted by Crippen LogP contribution is 2.41. The first-order valence-corrected chi connectivity index (χ1v) is 10.1. The number of thiazole rings is 1. The molecule has 2 heterocycles. The third-order valence-corrected chi connectivity index (χ3v) is 5.62. The molecule has 1 N–H and O–H groups in total. The number of ether oxygens (including phenoxy) is 1. The summed E-state index contributed by atoms with van der Waals surface area (Å²) in [7, 11) is 0. The van der Waals surface area contributed by atoms with Gasteiger partial charge in [0.2, 0.25) is 0 Å². The molecule has 1 aliphatic rings. The SMILES string of the molecule is CC(=O)c1ccc(F)c(-c2cc(C)cc3c2O[C@@H](CNC(=O)c2cncs2)C3)c1. The van der Waals surface area contributed by atoms with E-state index >= 15 is 0 Å². The molecule has 1 aliphatic heterocycles. The lowest BCUT2D eigenvalue weighted by Gasteiger charge is -2.14. The number of hydrogen-bond donors (Lipinski definition) is 1. The van der Waals surface area contributed by atoms with Gasteiger partial charge < -0.3 is 10.1 Å². The summed E-state index contributed by atoms with van der Waals surface area (Å²) in [5, 5.41) is 2.86. The fourth-order valence-corrected chi connectivity index (χ4v) is 4.01. The Labute approximate surface area is 171 Å². The molecule has 5 nitrogen and oxygen atoms in total. The van der Waals surface area contributed by atoms with Gasteiger partial charge in [0, 0.05) is 23.1 Å². The van der Waals surface area contributed by atoms with Gasteiger partial charge in [-0.2, -0.15) is 0 Å². The molecule has 1 aromatic heterocycles. The number of carbonyl (C=O) groups is 2. The lowest BCUT2D eigenvalue weighted by atomic mass is 9.95. The average molecular weight is 410 g/mol. The Kier molecular flexibility index (Phi) is 5.15. The van der Waals surface area contributed by atoms with Crippen molar-refractivity contribution in [3.63, 3.8) is 0 Å². The molecular weight excluding hydrogens is 391 g/mol. The molecule has 0 saturated heterocycles. The van der Waals surface area contributed by atoms with E-state index in [9.17, 15) is 14.0 Å². The predicted molar refractivity (Wildman–Crippen MR) is 109 cm³/mol. The number of halogens is 1. The zero-order valence-electron chi connectivity index (χ0n) is 16.0. The van der Waals surface area contributed by atoms with Crippen LogP contribution in [0.1, 0.15) is 38.1 Å². The fraction of sp³-hybridized carbons (Fsp3) is 0.227. The van der Waals surface area contributed by atoms with Crippen LogP contribution in [0.4, 0.5) is 4.39 Å². The number of Topliss-reactive ketones (excluding diaryl/α,β-unsaturated/α-hetero) is 1. The van der Waals surface area contributed by atoms with E-state index in [0.29, 0.717) is 40.3 Å². The molecule has 4 rings (SSSR count). The molecule has 0 unspecified atom stereocenters. The molecule has 0 saturated carbocycles. The molecule has 3 aromatic rings. The standard InChI is InChI=1S/C22H19FN2O3S/c1-12-5-15-7-16(9-25-22(27)20-10-24-11-29-20)28-21(15)18(6-12)17-8-14(13(2)26)3-4-19(17)23/h3-6,8,10-11,16H,7,9H2,1-2H3,(H,25,27)/t16-/m1/s1. The Morgan fingerprint density at radius 2 is 2.10 bits per heavy atom. The van der Waals surface area contributed by atoms with Crippen LogP contribution >= 0.6 is 11.3 Å². The number of carbonyl (C=O) groups excluding carboxylic acids is 2. The van der Waals surface area contributed by atoms with Gasteiger partial charge >= 0.3 is 0 Å². The highest BCUT2D eigenvalue weighted by molar-refractivity contribution is 7.11. The van der Waals surface area contributed by atoms with Crippen LogP contribution in [0.5, 0.6) is 5.75 Å². The van der Waals surface area contributed by atoms with E-state index in [1.54, 1.807) is 11.6 Å². The Bertz CT molecular complexity index is 1100. The number of nitrogens with zero attached hydrogens (tertiary/aromatic N) is 1. The maximum absolute atomic E-state index is 14.6. The van der Waals surface area contributed by atoms with Crippen molar-refractivity contribution in [2.75, 3.05) is 6.54 Å². The summed E-state index contributed by atoms with van der Waals surface area (Å²) in [6.07, 6.45) is 1.89. The van der Waals surface area contributed by atoms with Crippen LogP contribution in [-0.4, -0.2) is 29.3 Å². The van der Waals surface area contributed by atoms with Gasteiger partial charge in [-0.25, -0.2) is 4.39 Å². The van der Waals surface area contributed by atoms with Crippen LogP contribution in [0, 0.1) is 12.7 Å². The number of fused-ring (bicyclic) bond motifs is 1. The van der Waals surface area contributed by atoms with Crippen molar-refractivity contribution in [1.82, 2.24) is 10.3 Å². The summed E-state index contributed by atoms with van der Waals surface area (Å²) in [5.74, 6) is -0.121. The van der Waals surface area contributed by atoms with E-state index in [2.05, 4.69) is 10.3 Å². The van der Waals surface area contributed by atoms with Gasteiger partial charge in [0.1, 0.15) is 22.5 Å². The molecule has 148 valence electrons. The summed E-state index contributed by atoms with van der Waals surface area (Å²) >= 11 is 1.27. The van der Waals surface area contributed by atoms with E-state index in [0.717, 1.165) is 11.1 Å². The Morgan fingerprint density at radius 1 is 1.28 bits per heavy atom. The van der Waals surface area contributed by atoms with Gasteiger partial charge in [0.05, 0.1) is 18.3 Å². The Hall–Kier alpha value is -3.06. The van der Waals surface area contributed by atoms with Crippen LogP contribution in [-0.2, 0) is 6.42 Å². The number of aromatic nitrogens is 1. The smallest absolute Gasteiger partial charge is 0.263 e. The first kappa shape index (κ1) is 19.3. The molecule has 29 heavy (non-hydrogen) atoms. The van der Waals surface area contributed by atoms with Crippen molar-refractivity contribution in [3.8, 4) is 16.9 Å². The van der Waals surface area contributed by atoms with Gasteiger partial charge in [-0.15, -0.1) is 11.3 Å². The average Bonchev–Trinajstić information content (AvgIpc) is 3.35.